The van der Waals surface area contributed by atoms with Gasteiger partial charge in [0.15, 0.2) is 5.65 Å². The Morgan fingerprint density at radius 2 is 1.97 bits per heavy atom. The third-order valence-corrected chi connectivity index (χ3v) is 6.13. The van der Waals surface area contributed by atoms with Gasteiger partial charge in [0.2, 0.25) is 5.91 Å². The van der Waals surface area contributed by atoms with Gasteiger partial charge in [0, 0.05) is 29.3 Å². The van der Waals surface area contributed by atoms with Crippen LogP contribution in [0.25, 0.3) is 16.4 Å². The molecule has 0 spiro atoms. The summed E-state index contributed by atoms with van der Waals surface area (Å²) in [6, 6.07) is 8.83. The Morgan fingerprint density at radius 1 is 1.19 bits per heavy atom. The van der Waals surface area contributed by atoms with Crippen LogP contribution in [-0.2, 0) is 11.2 Å². The Morgan fingerprint density at radius 3 is 2.77 bits per heavy atom. The van der Waals surface area contributed by atoms with Gasteiger partial charge in [0.05, 0.1) is 29.2 Å². The summed E-state index contributed by atoms with van der Waals surface area (Å²) in [5.74, 6) is -0.0708. The van der Waals surface area contributed by atoms with Gasteiger partial charge in [-0.1, -0.05) is 18.2 Å². The van der Waals surface area contributed by atoms with Gasteiger partial charge in [-0.2, -0.15) is 5.10 Å². The molecule has 1 atom stereocenters. The van der Waals surface area contributed by atoms with Gasteiger partial charge < -0.3 is 4.90 Å². The number of hydrogen-bond donors (Lipinski definition) is 2. The van der Waals surface area contributed by atoms with E-state index in [1.54, 1.807) is 19.1 Å². The highest BCUT2D eigenvalue weighted by Gasteiger charge is 2.32. The maximum absolute atomic E-state index is 13.2. The van der Waals surface area contributed by atoms with Crippen LogP contribution in [0.5, 0.6) is 0 Å². The highest BCUT2D eigenvalue weighted by Crippen LogP contribution is 2.32. The molecule has 1 aliphatic rings. The normalized spacial score (nSPS) is 16.5. The second-order valence-corrected chi connectivity index (χ2v) is 8.00. The van der Waals surface area contributed by atoms with Gasteiger partial charge in [-0.15, -0.1) is 0 Å². The van der Waals surface area contributed by atoms with Gasteiger partial charge in [-0.05, 0) is 32.8 Å². The molecule has 0 saturated carbocycles. The van der Waals surface area contributed by atoms with Crippen LogP contribution in [0.2, 0.25) is 0 Å². The van der Waals surface area contributed by atoms with Crippen LogP contribution < -0.4 is 11.1 Å². The van der Waals surface area contributed by atoms with Gasteiger partial charge >= 0.3 is 0 Å². The molecule has 31 heavy (non-hydrogen) atoms. The van der Waals surface area contributed by atoms with Gasteiger partial charge in [-0.25, -0.2) is 14.6 Å². The Labute approximate surface area is 176 Å². The van der Waals surface area contributed by atoms with Crippen molar-refractivity contribution in [2.45, 2.75) is 39.2 Å². The predicted octanol–water partition coefficient (Wildman–Crippen LogP) is 1.78. The predicted molar refractivity (Wildman–Crippen MR) is 115 cm³/mol. The number of rotatable bonds is 3. The summed E-state index contributed by atoms with van der Waals surface area (Å²) >= 11 is 0. The minimum atomic E-state index is -0.271. The van der Waals surface area contributed by atoms with E-state index in [1.807, 2.05) is 30.0 Å². The number of fused-ring (bicyclic) bond motifs is 2. The minimum Gasteiger partial charge on any atom is -0.334 e. The van der Waals surface area contributed by atoms with Crippen LogP contribution in [-0.4, -0.2) is 42.1 Å². The van der Waals surface area contributed by atoms with E-state index < -0.39 is 0 Å². The Balaban J connectivity index is 1.47. The molecular formula is C22H22N6O3. The van der Waals surface area contributed by atoms with E-state index in [4.69, 9.17) is 0 Å². The molecule has 9 nitrogen and oxygen atoms in total. The molecule has 1 aliphatic heterocycles. The lowest BCUT2D eigenvalue weighted by atomic mass is 10.1. The van der Waals surface area contributed by atoms with E-state index in [0.717, 1.165) is 18.5 Å². The van der Waals surface area contributed by atoms with Gasteiger partial charge in [-0.3, -0.25) is 19.5 Å². The fourth-order valence-electron chi connectivity index (χ4n) is 4.35. The molecular weight excluding hydrogens is 396 g/mol. The van der Waals surface area contributed by atoms with E-state index >= 15 is 0 Å². The molecule has 5 rings (SSSR count). The highest BCUT2D eigenvalue weighted by molar-refractivity contribution is 5.88. The van der Waals surface area contributed by atoms with Crippen LogP contribution >= 0.6 is 0 Å². The van der Waals surface area contributed by atoms with Crippen LogP contribution in [0.4, 0.5) is 0 Å². The fourth-order valence-corrected chi connectivity index (χ4v) is 4.35. The number of carbonyl (C=O) groups excluding carboxylic acids is 1. The van der Waals surface area contributed by atoms with Crippen molar-refractivity contribution in [2.24, 2.45) is 0 Å². The quantitative estimate of drug-likeness (QED) is 0.526. The monoisotopic (exact) mass is 418 g/mol. The number of H-pyrrole nitrogens is 2. The second kappa shape index (κ2) is 7.19. The number of hydrogen-bond acceptors (Lipinski definition) is 5. The highest BCUT2D eigenvalue weighted by atomic mass is 16.2. The van der Waals surface area contributed by atoms with Crippen LogP contribution in [0, 0.1) is 13.8 Å². The van der Waals surface area contributed by atoms with Crippen molar-refractivity contribution in [3.63, 3.8) is 0 Å². The fraction of sp³-hybridized carbons (Fsp3) is 0.318. The number of carbonyl (C=O) groups is 1. The van der Waals surface area contributed by atoms with Crippen molar-refractivity contribution < 1.29 is 4.79 Å². The molecule has 0 unspecified atom stereocenters. The summed E-state index contributed by atoms with van der Waals surface area (Å²) in [4.78, 5) is 44.1. The maximum atomic E-state index is 13.2. The van der Waals surface area contributed by atoms with Crippen molar-refractivity contribution in [3.05, 3.63) is 73.7 Å². The number of amides is 1. The molecule has 1 saturated heterocycles. The standard InChI is InChI=1S/C22H22N6O3/c1-12-13(2)23-19-10-17(26-28(19)22(12)31)18-8-5-9-27(18)20(29)11-16-14-6-3-4-7-15(14)21(30)25-24-16/h3-4,6-7,10,18,26H,5,8-9,11H2,1-2H3,(H,25,30)/t18-/m1/s1. The third kappa shape index (κ3) is 3.13. The zero-order valence-corrected chi connectivity index (χ0v) is 17.3. The number of aromatic amines is 2. The lowest BCUT2D eigenvalue weighted by molar-refractivity contribution is -0.131. The molecule has 158 valence electrons. The lowest BCUT2D eigenvalue weighted by Crippen LogP contribution is -2.32. The van der Waals surface area contributed by atoms with Crippen molar-refractivity contribution in [1.29, 1.82) is 0 Å². The van der Waals surface area contributed by atoms with Crippen LogP contribution in [0.15, 0.2) is 39.9 Å². The number of benzene rings is 1. The van der Waals surface area contributed by atoms with E-state index in [0.29, 0.717) is 39.9 Å². The summed E-state index contributed by atoms with van der Waals surface area (Å²) in [5, 5.41) is 11.0. The first-order chi connectivity index (χ1) is 14.9. The molecule has 0 aliphatic carbocycles. The average Bonchev–Trinajstić information content (AvgIpc) is 3.41. The van der Waals surface area contributed by atoms with E-state index in [9.17, 15) is 14.4 Å². The Bertz CT molecular complexity index is 1450. The first-order valence-corrected chi connectivity index (χ1v) is 10.3. The molecule has 1 fully saturated rings. The maximum Gasteiger partial charge on any atom is 0.275 e. The molecule has 0 radical (unpaired) electrons. The smallest absolute Gasteiger partial charge is 0.275 e. The van der Waals surface area contributed by atoms with Gasteiger partial charge in [0.25, 0.3) is 11.1 Å². The SMILES string of the molecule is Cc1nc2cc([C@H]3CCCN3C(=O)Cc3n[nH]c(=O)c4ccccc34)[nH]n2c(=O)c1C. The topological polar surface area (TPSA) is 116 Å². The van der Waals surface area contributed by atoms with E-state index in [1.165, 1.54) is 4.52 Å². The molecule has 9 heteroatoms. The number of nitrogens with one attached hydrogen (secondary N) is 2. The largest absolute Gasteiger partial charge is 0.334 e. The van der Waals surface area contributed by atoms with E-state index in [-0.39, 0.29) is 29.5 Å². The molecule has 1 aromatic carbocycles. The number of aryl methyl sites for hydroxylation is 1. The molecule has 4 heterocycles. The van der Waals surface area contributed by atoms with Crippen molar-refractivity contribution in [2.75, 3.05) is 6.54 Å². The number of likely N-dealkylation sites (tertiary alicyclic amines) is 1. The van der Waals surface area contributed by atoms with Crippen LogP contribution in [0.1, 0.15) is 41.5 Å². The summed E-state index contributed by atoms with van der Waals surface area (Å²) in [7, 11) is 0. The summed E-state index contributed by atoms with van der Waals surface area (Å²) in [6.07, 6.45) is 1.75. The summed E-state index contributed by atoms with van der Waals surface area (Å²) in [5.41, 5.74) is 2.79. The molecule has 1 amide bonds. The Kier molecular flexibility index (Phi) is 4.46. The molecule has 0 bridgehead atoms. The third-order valence-electron chi connectivity index (χ3n) is 6.13. The zero-order valence-electron chi connectivity index (χ0n) is 17.3. The van der Waals surface area contributed by atoms with Gasteiger partial charge in [0.1, 0.15) is 0 Å². The number of aromatic nitrogens is 5. The average molecular weight is 418 g/mol. The summed E-state index contributed by atoms with van der Waals surface area (Å²) in [6.45, 7) is 4.20. The second-order valence-electron chi connectivity index (χ2n) is 8.00. The molecule has 3 aromatic heterocycles. The molecule has 2 N–H and O–H groups in total. The van der Waals surface area contributed by atoms with Crippen molar-refractivity contribution in [1.82, 2.24) is 29.7 Å². The van der Waals surface area contributed by atoms with E-state index in [2.05, 4.69) is 20.3 Å². The molecule has 4 aromatic rings. The van der Waals surface area contributed by atoms with Crippen LogP contribution in [0.3, 0.4) is 0 Å². The van der Waals surface area contributed by atoms with Crippen molar-refractivity contribution >= 4 is 22.3 Å². The first-order valence-electron chi connectivity index (χ1n) is 10.3. The Hall–Kier alpha value is -3.75. The minimum absolute atomic E-state index is 0.0708. The first kappa shape index (κ1) is 19.2. The summed E-state index contributed by atoms with van der Waals surface area (Å²) < 4.78 is 1.44. The van der Waals surface area contributed by atoms with Crippen molar-refractivity contribution in [3.8, 4) is 0 Å². The lowest BCUT2D eigenvalue weighted by Gasteiger charge is -2.23. The zero-order chi connectivity index (χ0) is 21.7. The number of nitrogens with zero attached hydrogens (tertiary/aromatic N) is 4.